The molecule has 0 aliphatic carbocycles. The van der Waals surface area contributed by atoms with E-state index in [1.54, 1.807) is 24.8 Å². The van der Waals surface area contributed by atoms with Gasteiger partial charge in [0.25, 0.3) is 0 Å². The number of rotatable bonds is 3. The molecule has 0 aromatic carbocycles. The van der Waals surface area contributed by atoms with Crippen molar-refractivity contribution in [3.63, 3.8) is 0 Å². The van der Waals surface area contributed by atoms with Crippen molar-refractivity contribution in [1.82, 2.24) is 9.97 Å². The SMILES string of the molecule is Cc1ccncc1C(O)Cc1cccnc1. The summed E-state index contributed by atoms with van der Waals surface area (Å²) in [5.74, 6) is 0. The van der Waals surface area contributed by atoms with E-state index in [2.05, 4.69) is 9.97 Å². The Bertz CT molecular complexity index is 456. The minimum absolute atomic E-state index is 0.516. The molecule has 2 aromatic rings. The highest BCUT2D eigenvalue weighted by Crippen LogP contribution is 2.19. The van der Waals surface area contributed by atoms with Crippen LogP contribution in [0.3, 0.4) is 0 Å². The van der Waals surface area contributed by atoms with Crippen molar-refractivity contribution >= 4 is 0 Å². The lowest BCUT2D eigenvalue weighted by Gasteiger charge is -2.12. The number of aromatic nitrogens is 2. The molecule has 16 heavy (non-hydrogen) atoms. The van der Waals surface area contributed by atoms with Crippen molar-refractivity contribution in [3.05, 3.63) is 59.7 Å². The van der Waals surface area contributed by atoms with E-state index < -0.39 is 6.10 Å². The van der Waals surface area contributed by atoms with Gasteiger partial charge in [-0.05, 0) is 30.2 Å². The molecule has 0 bridgehead atoms. The second-order valence-electron chi connectivity index (χ2n) is 3.81. The molecule has 1 atom stereocenters. The van der Waals surface area contributed by atoms with Gasteiger partial charge in [0.15, 0.2) is 0 Å². The average molecular weight is 214 g/mol. The first-order valence-corrected chi connectivity index (χ1v) is 5.25. The first-order chi connectivity index (χ1) is 7.77. The highest BCUT2D eigenvalue weighted by atomic mass is 16.3. The molecule has 0 saturated carbocycles. The van der Waals surface area contributed by atoms with Crippen LogP contribution in [0.25, 0.3) is 0 Å². The topological polar surface area (TPSA) is 46.0 Å². The van der Waals surface area contributed by atoms with Gasteiger partial charge < -0.3 is 5.11 Å². The molecule has 0 fully saturated rings. The fourth-order valence-electron chi connectivity index (χ4n) is 1.68. The molecule has 3 nitrogen and oxygen atoms in total. The third kappa shape index (κ3) is 2.44. The molecule has 2 heterocycles. The lowest BCUT2D eigenvalue weighted by Crippen LogP contribution is -2.04. The van der Waals surface area contributed by atoms with Crippen LogP contribution in [0, 0.1) is 6.92 Å². The van der Waals surface area contributed by atoms with E-state index in [0.29, 0.717) is 6.42 Å². The molecule has 2 rings (SSSR count). The molecule has 82 valence electrons. The van der Waals surface area contributed by atoms with Crippen molar-refractivity contribution in [2.75, 3.05) is 0 Å². The fourth-order valence-corrected chi connectivity index (χ4v) is 1.68. The molecule has 1 N–H and O–H groups in total. The summed E-state index contributed by atoms with van der Waals surface area (Å²) in [5.41, 5.74) is 2.97. The number of aliphatic hydroxyl groups excluding tert-OH is 1. The van der Waals surface area contributed by atoms with Crippen molar-refractivity contribution in [2.24, 2.45) is 0 Å². The molecule has 0 amide bonds. The maximum atomic E-state index is 10.1. The monoisotopic (exact) mass is 214 g/mol. The second kappa shape index (κ2) is 4.86. The zero-order chi connectivity index (χ0) is 11.4. The van der Waals surface area contributed by atoms with E-state index >= 15 is 0 Å². The predicted octanol–water partition coefficient (Wildman–Crippen LogP) is 2.06. The summed E-state index contributed by atoms with van der Waals surface area (Å²) in [6.07, 6.45) is 7.00. The van der Waals surface area contributed by atoms with Crippen LogP contribution >= 0.6 is 0 Å². The third-order valence-corrected chi connectivity index (χ3v) is 2.59. The van der Waals surface area contributed by atoms with Gasteiger partial charge in [0.1, 0.15) is 0 Å². The van der Waals surface area contributed by atoms with Crippen molar-refractivity contribution in [3.8, 4) is 0 Å². The highest BCUT2D eigenvalue weighted by Gasteiger charge is 2.10. The Morgan fingerprint density at radius 2 is 2.00 bits per heavy atom. The first-order valence-electron chi connectivity index (χ1n) is 5.25. The van der Waals surface area contributed by atoms with Crippen molar-refractivity contribution in [2.45, 2.75) is 19.4 Å². The molecule has 3 heteroatoms. The summed E-state index contributed by atoms with van der Waals surface area (Å²) < 4.78 is 0. The highest BCUT2D eigenvalue weighted by molar-refractivity contribution is 5.25. The van der Waals surface area contributed by atoms with Crippen LogP contribution in [0.15, 0.2) is 43.0 Å². The normalized spacial score (nSPS) is 12.4. The molecular formula is C13H14N2O. The number of aryl methyl sites for hydroxylation is 1. The van der Waals surface area contributed by atoms with Crippen LogP contribution < -0.4 is 0 Å². The Kier molecular flexibility index (Phi) is 3.27. The van der Waals surface area contributed by atoms with E-state index in [4.69, 9.17) is 0 Å². The Morgan fingerprint density at radius 3 is 2.69 bits per heavy atom. The van der Waals surface area contributed by atoms with Gasteiger partial charge in [-0.2, -0.15) is 0 Å². The number of hydrogen-bond donors (Lipinski definition) is 1. The minimum Gasteiger partial charge on any atom is -0.388 e. The summed E-state index contributed by atoms with van der Waals surface area (Å²) in [5, 5.41) is 10.1. The molecular weight excluding hydrogens is 200 g/mol. The van der Waals surface area contributed by atoms with Crippen LogP contribution in [0.2, 0.25) is 0 Å². The van der Waals surface area contributed by atoms with Gasteiger partial charge in [0, 0.05) is 36.8 Å². The van der Waals surface area contributed by atoms with Gasteiger partial charge in [-0.15, -0.1) is 0 Å². The predicted molar refractivity (Wildman–Crippen MR) is 61.9 cm³/mol. The molecule has 0 radical (unpaired) electrons. The summed E-state index contributed by atoms with van der Waals surface area (Å²) in [4.78, 5) is 8.06. The number of aliphatic hydroxyl groups is 1. The van der Waals surface area contributed by atoms with Gasteiger partial charge in [0.05, 0.1) is 6.10 Å². The van der Waals surface area contributed by atoms with Crippen LogP contribution in [0.4, 0.5) is 0 Å². The maximum absolute atomic E-state index is 10.1. The minimum atomic E-state index is -0.516. The molecule has 0 spiro atoms. The lowest BCUT2D eigenvalue weighted by molar-refractivity contribution is 0.177. The molecule has 0 saturated heterocycles. The second-order valence-corrected chi connectivity index (χ2v) is 3.81. The van der Waals surface area contributed by atoms with Gasteiger partial charge in [-0.25, -0.2) is 0 Å². The smallest absolute Gasteiger partial charge is 0.0848 e. The van der Waals surface area contributed by atoms with E-state index in [-0.39, 0.29) is 0 Å². The molecule has 2 aromatic heterocycles. The molecule has 0 aliphatic rings. The van der Waals surface area contributed by atoms with Crippen LogP contribution in [0.5, 0.6) is 0 Å². The van der Waals surface area contributed by atoms with E-state index in [0.717, 1.165) is 16.7 Å². The van der Waals surface area contributed by atoms with E-state index in [1.165, 1.54) is 0 Å². The first kappa shape index (κ1) is 10.8. The van der Waals surface area contributed by atoms with Gasteiger partial charge in [-0.1, -0.05) is 6.07 Å². The fraction of sp³-hybridized carbons (Fsp3) is 0.231. The summed E-state index contributed by atoms with van der Waals surface area (Å²) in [6.45, 7) is 1.98. The van der Waals surface area contributed by atoms with Gasteiger partial charge >= 0.3 is 0 Å². The summed E-state index contributed by atoms with van der Waals surface area (Å²) in [7, 11) is 0. The lowest BCUT2D eigenvalue weighted by atomic mass is 10.0. The molecule has 0 aliphatic heterocycles. The Balaban J connectivity index is 2.15. The van der Waals surface area contributed by atoms with Gasteiger partial charge in [0.2, 0.25) is 0 Å². The van der Waals surface area contributed by atoms with Crippen molar-refractivity contribution < 1.29 is 5.11 Å². The number of pyridine rings is 2. The summed E-state index contributed by atoms with van der Waals surface area (Å²) >= 11 is 0. The van der Waals surface area contributed by atoms with Gasteiger partial charge in [-0.3, -0.25) is 9.97 Å². The zero-order valence-corrected chi connectivity index (χ0v) is 9.17. The van der Waals surface area contributed by atoms with Crippen molar-refractivity contribution in [1.29, 1.82) is 0 Å². The maximum Gasteiger partial charge on any atom is 0.0848 e. The van der Waals surface area contributed by atoms with Crippen LogP contribution in [0.1, 0.15) is 22.8 Å². The quantitative estimate of drug-likeness (QED) is 0.850. The van der Waals surface area contributed by atoms with Crippen LogP contribution in [-0.2, 0) is 6.42 Å². The third-order valence-electron chi connectivity index (χ3n) is 2.59. The number of hydrogen-bond acceptors (Lipinski definition) is 3. The van der Waals surface area contributed by atoms with E-state index in [9.17, 15) is 5.11 Å². The zero-order valence-electron chi connectivity index (χ0n) is 9.17. The van der Waals surface area contributed by atoms with E-state index in [1.807, 2.05) is 25.1 Å². The summed E-state index contributed by atoms with van der Waals surface area (Å²) in [6, 6.07) is 5.74. The van der Waals surface area contributed by atoms with Crippen LogP contribution in [-0.4, -0.2) is 15.1 Å². The Hall–Kier alpha value is -1.74. The average Bonchev–Trinajstić information content (AvgIpc) is 2.31. The number of nitrogens with zero attached hydrogens (tertiary/aromatic N) is 2. The Morgan fingerprint density at radius 1 is 1.19 bits per heavy atom. The molecule has 1 unspecified atom stereocenters. The Labute approximate surface area is 94.8 Å². The standard InChI is InChI=1S/C13H14N2O/c1-10-4-6-15-9-12(10)13(16)7-11-3-2-5-14-8-11/h2-6,8-9,13,16H,7H2,1H3. The largest absolute Gasteiger partial charge is 0.388 e.